The Morgan fingerprint density at radius 1 is 0.977 bits per heavy atom. The SMILES string of the molecule is Cc1c(-c2ccccc2)nc2ccc(Br)cc2c1C(=O)NC12CCC(C(=O)O)(C=C1c1ccccc1OC(F)(F)F)CC2. The van der Waals surface area contributed by atoms with E-state index in [1.165, 1.54) is 24.3 Å². The molecule has 10 heteroatoms. The van der Waals surface area contributed by atoms with Gasteiger partial charge in [0.25, 0.3) is 5.91 Å². The average molecular weight is 651 g/mol. The highest BCUT2D eigenvalue weighted by molar-refractivity contribution is 9.10. The van der Waals surface area contributed by atoms with Crippen LogP contribution >= 0.6 is 15.9 Å². The average Bonchev–Trinajstić information content (AvgIpc) is 2.97. The molecular weight excluding hydrogens is 625 g/mol. The van der Waals surface area contributed by atoms with Crippen LogP contribution in [0.15, 0.2) is 83.3 Å². The van der Waals surface area contributed by atoms with Gasteiger partial charge in [-0.25, -0.2) is 4.98 Å². The Hall–Kier alpha value is -4.18. The van der Waals surface area contributed by atoms with Crippen molar-refractivity contribution in [3.05, 3.63) is 100 Å². The highest BCUT2D eigenvalue weighted by Crippen LogP contribution is 2.56. The van der Waals surface area contributed by atoms with Gasteiger partial charge in [0.15, 0.2) is 0 Å². The highest BCUT2D eigenvalue weighted by atomic mass is 79.9. The molecule has 43 heavy (non-hydrogen) atoms. The number of rotatable bonds is 6. The summed E-state index contributed by atoms with van der Waals surface area (Å²) in [7, 11) is 0. The molecule has 7 rings (SSSR count). The minimum absolute atomic E-state index is 0.0918. The number of fused-ring (bicyclic) bond motifs is 3. The zero-order valence-corrected chi connectivity index (χ0v) is 24.6. The lowest BCUT2D eigenvalue weighted by atomic mass is 9.57. The first-order chi connectivity index (χ1) is 20.4. The highest BCUT2D eigenvalue weighted by Gasteiger charge is 2.54. The molecule has 1 heterocycles. The first-order valence-electron chi connectivity index (χ1n) is 13.7. The lowest BCUT2D eigenvalue weighted by Gasteiger charge is -2.51. The number of carboxylic acids is 1. The molecule has 3 aliphatic rings. The van der Waals surface area contributed by atoms with E-state index >= 15 is 0 Å². The number of benzene rings is 3. The number of nitrogens with one attached hydrogen (secondary N) is 1. The van der Waals surface area contributed by atoms with E-state index in [0.29, 0.717) is 33.3 Å². The monoisotopic (exact) mass is 650 g/mol. The molecule has 2 N–H and O–H groups in total. The summed E-state index contributed by atoms with van der Waals surface area (Å²) in [4.78, 5) is 31.7. The zero-order valence-electron chi connectivity index (χ0n) is 23.0. The van der Waals surface area contributed by atoms with Crippen molar-refractivity contribution in [1.29, 1.82) is 0 Å². The number of nitrogens with zero attached hydrogens (tertiary/aromatic N) is 1. The maximum atomic E-state index is 14.4. The lowest BCUT2D eigenvalue weighted by molar-refractivity contribution is -0.274. The van der Waals surface area contributed by atoms with Crippen molar-refractivity contribution in [1.82, 2.24) is 10.3 Å². The molecule has 1 amide bonds. The zero-order chi connectivity index (χ0) is 30.6. The number of aliphatic carboxylic acids is 1. The summed E-state index contributed by atoms with van der Waals surface area (Å²) in [5.74, 6) is -1.93. The van der Waals surface area contributed by atoms with E-state index < -0.39 is 34.9 Å². The fourth-order valence-corrected chi connectivity index (χ4v) is 6.80. The van der Waals surface area contributed by atoms with E-state index in [4.69, 9.17) is 4.98 Å². The molecule has 3 aromatic carbocycles. The number of halogens is 4. The Labute approximate surface area is 253 Å². The van der Waals surface area contributed by atoms with Gasteiger partial charge in [0, 0.05) is 21.0 Å². The minimum atomic E-state index is -4.96. The third-order valence-corrected chi connectivity index (χ3v) is 9.07. The van der Waals surface area contributed by atoms with E-state index in [9.17, 15) is 27.9 Å². The minimum Gasteiger partial charge on any atom is -0.481 e. The molecule has 0 unspecified atom stereocenters. The number of alkyl halides is 3. The molecular formula is C33H26BrF3N2O4. The van der Waals surface area contributed by atoms with Gasteiger partial charge in [-0.05, 0) is 68.0 Å². The molecule has 1 fully saturated rings. The van der Waals surface area contributed by atoms with Crippen LogP contribution in [0.2, 0.25) is 0 Å². The molecule has 4 aromatic rings. The summed E-state index contributed by atoms with van der Waals surface area (Å²) in [6.07, 6.45) is -2.52. The molecule has 0 aliphatic heterocycles. The molecule has 6 nitrogen and oxygen atoms in total. The van der Waals surface area contributed by atoms with Gasteiger partial charge in [0.1, 0.15) is 5.75 Å². The molecule has 1 aromatic heterocycles. The van der Waals surface area contributed by atoms with Crippen molar-refractivity contribution < 1.29 is 32.6 Å². The Bertz CT molecular complexity index is 1800. The van der Waals surface area contributed by atoms with Gasteiger partial charge < -0.3 is 15.2 Å². The number of carboxylic acid groups (broad SMARTS) is 1. The Morgan fingerprint density at radius 3 is 2.33 bits per heavy atom. The van der Waals surface area contributed by atoms with Gasteiger partial charge in [-0.2, -0.15) is 0 Å². The quantitative estimate of drug-likeness (QED) is 0.220. The van der Waals surface area contributed by atoms with Crippen LogP contribution < -0.4 is 10.1 Å². The topological polar surface area (TPSA) is 88.5 Å². The smallest absolute Gasteiger partial charge is 0.481 e. The van der Waals surface area contributed by atoms with Crippen LogP contribution in [0.5, 0.6) is 5.75 Å². The van der Waals surface area contributed by atoms with Crippen LogP contribution in [0.4, 0.5) is 13.2 Å². The van der Waals surface area contributed by atoms with Crippen molar-refractivity contribution in [3.8, 4) is 17.0 Å². The summed E-state index contributed by atoms with van der Waals surface area (Å²) < 4.78 is 45.3. The lowest BCUT2D eigenvalue weighted by Crippen LogP contribution is -2.57. The third kappa shape index (κ3) is 5.18. The number of pyridine rings is 1. The Kier molecular flexibility index (Phi) is 7.07. The maximum absolute atomic E-state index is 14.4. The predicted molar refractivity (Wildman–Crippen MR) is 159 cm³/mol. The molecule has 0 saturated heterocycles. The number of aromatic nitrogens is 1. The van der Waals surface area contributed by atoms with Crippen molar-refractivity contribution in [3.63, 3.8) is 0 Å². The van der Waals surface area contributed by atoms with Crippen LogP contribution in [0.3, 0.4) is 0 Å². The van der Waals surface area contributed by atoms with Gasteiger partial charge in [0.05, 0.1) is 27.7 Å². The second-order valence-electron chi connectivity index (χ2n) is 11.1. The number of carbonyl (C=O) groups excluding carboxylic acids is 1. The number of amides is 1. The summed E-state index contributed by atoms with van der Waals surface area (Å²) in [5.41, 5.74) is 1.12. The van der Waals surface area contributed by atoms with Crippen LogP contribution in [-0.4, -0.2) is 33.9 Å². The van der Waals surface area contributed by atoms with Gasteiger partial charge in [0.2, 0.25) is 0 Å². The van der Waals surface area contributed by atoms with Crippen LogP contribution in [-0.2, 0) is 4.79 Å². The second-order valence-corrected chi connectivity index (χ2v) is 12.0. The number of hydrogen-bond acceptors (Lipinski definition) is 4. The van der Waals surface area contributed by atoms with Gasteiger partial charge >= 0.3 is 12.3 Å². The Balaban J connectivity index is 1.51. The third-order valence-electron chi connectivity index (χ3n) is 8.58. The standard InChI is InChI=1S/C33H26BrF3N2O4/c1-19-27(23-17-21(34)11-12-25(23)38-28(19)20-7-3-2-4-8-20)29(40)39-32-15-13-31(14-16-32,30(41)42)18-24(32)22-9-5-6-10-26(22)43-33(35,36)37/h2-12,17-18H,13-16H2,1H3,(H,39,40)(H,41,42). The molecule has 220 valence electrons. The first-order valence-corrected chi connectivity index (χ1v) is 14.5. The predicted octanol–water partition coefficient (Wildman–Crippen LogP) is 8.08. The number of para-hydroxylation sites is 1. The van der Waals surface area contributed by atoms with Crippen LogP contribution in [0, 0.1) is 12.3 Å². The van der Waals surface area contributed by atoms with Gasteiger partial charge in [-0.15, -0.1) is 13.2 Å². The Morgan fingerprint density at radius 2 is 1.65 bits per heavy atom. The largest absolute Gasteiger partial charge is 0.573 e. The van der Waals surface area contributed by atoms with Crippen molar-refractivity contribution >= 4 is 44.3 Å². The molecule has 0 atom stereocenters. The second kappa shape index (κ2) is 10.5. The number of ether oxygens (including phenoxy) is 1. The summed E-state index contributed by atoms with van der Waals surface area (Å²) >= 11 is 3.49. The fraction of sp³-hybridized carbons (Fsp3) is 0.242. The molecule has 0 spiro atoms. The van der Waals surface area contributed by atoms with E-state index in [0.717, 1.165) is 10.0 Å². The van der Waals surface area contributed by atoms with Crippen molar-refractivity contribution in [2.45, 2.75) is 44.5 Å². The van der Waals surface area contributed by atoms with Gasteiger partial charge in [-0.3, -0.25) is 9.59 Å². The van der Waals surface area contributed by atoms with Gasteiger partial charge in [-0.1, -0.05) is 70.5 Å². The van der Waals surface area contributed by atoms with Crippen molar-refractivity contribution in [2.24, 2.45) is 5.41 Å². The fourth-order valence-electron chi connectivity index (χ4n) is 6.44. The van der Waals surface area contributed by atoms with E-state index in [2.05, 4.69) is 26.0 Å². The molecule has 3 aliphatic carbocycles. The molecule has 0 radical (unpaired) electrons. The van der Waals surface area contributed by atoms with Crippen LogP contribution in [0.25, 0.3) is 27.7 Å². The van der Waals surface area contributed by atoms with E-state index in [1.54, 1.807) is 6.07 Å². The summed E-state index contributed by atoms with van der Waals surface area (Å²) in [5, 5.41) is 13.9. The molecule has 1 saturated carbocycles. The molecule has 2 bridgehead atoms. The van der Waals surface area contributed by atoms with E-state index in [-0.39, 0.29) is 31.2 Å². The summed E-state index contributed by atoms with van der Waals surface area (Å²) in [6.45, 7) is 1.82. The van der Waals surface area contributed by atoms with Crippen molar-refractivity contribution in [2.75, 3.05) is 0 Å². The first kappa shape index (κ1) is 28.9. The van der Waals surface area contributed by atoms with E-state index in [1.807, 2.05) is 55.5 Å². The normalized spacial score (nSPS) is 21.4. The number of hydrogen-bond donors (Lipinski definition) is 2. The van der Waals surface area contributed by atoms with Crippen LogP contribution in [0.1, 0.15) is 47.2 Å². The maximum Gasteiger partial charge on any atom is 0.573 e. The summed E-state index contributed by atoms with van der Waals surface area (Å²) in [6, 6.07) is 20.6. The number of carbonyl (C=O) groups is 2.